The number of aryl methyl sites for hydroxylation is 3. The molecule has 10 heteroatoms. The standard InChI is InChI=1S/C25H24ClN7O.ClH/c1-15-10-19(11-16(2)23(15)26)33-24(20-14-27-7-6-21(20)29-33)32-9-8-31(25(32)34)18-4-5-22-17(12-18)13-28-30(22)3;/h4-5,8-13,27H,6-7,14H2,1-3H3;1H. The number of hydrogen-bond donors (Lipinski definition) is 1. The van der Waals surface area contributed by atoms with Crippen molar-refractivity contribution in [2.24, 2.45) is 7.05 Å². The molecule has 0 atom stereocenters. The molecule has 0 unspecified atom stereocenters. The highest BCUT2D eigenvalue weighted by Gasteiger charge is 2.25. The predicted octanol–water partition coefficient (Wildman–Crippen LogP) is 4.04. The summed E-state index contributed by atoms with van der Waals surface area (Å²) in [6.07, 6.45) is 6.24. The Morgan fingerprint density at radius 3 is 2.54 bits per heavy atom. The topological polar surface area (TPSA) is 74.6 Å². The van der Waals surface area contributed by atoms with E-state index in [9.17, 15) is 4.79 Å². The van der Waals surface area contributed by atoms with Crippen molar-refractivity contribution in [1.82, 2.24) is 34.0 Å². The van der Waals surface area contributed by atoms with E-state index < -0.39 is 0 Å². The Kier molecular flexibility index (Phi) is 5.83. The second-order valence-electron chi connectivity index (χ2n) is 8.81. The van der Waals surface area contributed by atoms with Crippen molar-refractivity contribution in [1.29, 1.82) is 0 Å². The van der Waals surface area contributed by atoms with Crippen molar-refractivity contribution in [2.75, 3.05) is 6.54 Å². The number of nitrogens with zero attached hydrogens (tertiary/aromatic N) is 6. The fourth-order valence-electron chi connectivity index (χ4n) is 4.80. The van der Waals surface area contributed by atoms with Gasteiger partial charge in [0.15, 0.2) is 0 Å². The number of imidazole rings is 1. The first kappa shape index (κ1) is 23.4. The van der Waals surface area contributed by atoms with Crippen LogP contribution in [0, 0.1) is 13.8 Å². The Morgan fingerprint density at radius 1 is 1.03 bits per heavy atom. The summed E-state index contributed by atoms with van der Waals surface area (Å²) in [6.45, 7) is 5.50. The van der Waals surface area contributed by atoms with Gasteiger partial charge in [-0.25, -0.2) is 9.48 Å². The minimum atomic E-state index is -0.153. The molecule has 2 aromatic carbocycles. The van der Waals surface area contributed by atoms with Crippen LogP contribution in [0.4, 0.5) is 0 Å². The van der Waals surface area contributed by atoms with Gasteiger partial charge in [-0.1, -0.05) is 11.6 Å². The van der Waals surface area contributed by atoms with Crippen molar-refractivity contribution < 1.29 is 0 Å². The molecule has 0 saturated heterocycles. The molecule has 3 aromatic heterocycles. The number of hydrogen-bond acceptors (Lipinski definition) is 4. The van der Waals surface area contributed by atoms with E-state index in [-0.39, 0.29) is 18.1 Å². The molecule has 1 aliphatic heterocycles. The molecule has 0 spiro atoms. The lowest BCUT2D eigenvalue weighted by molar-refractivity contribution is 0.634. The number of rotatable bonds is 3. The van der Waals surface area contributed by atoms with E-state index in [0.717, 1.165) is 68.5 Å². The molecule has 180 valence electrons. The molecule has 1 N–H and O–H groups in total. The zero-order valence-electron chi connectivity index (χ0n) is 19.6. The smallest absolute Gasteiger partial charge is 0.312 e. The third-order valence-electron chi connectivity index (χ3n) is 6.56. The molecule has 0 saturated carbocycles. The van der Waals surface area contributed by atoms with Crippen molar-refractivity contribution in [3.63, 3.8) is 0 Å². The monoisotopic (exact) mass is 509 g/mol. The Hall–Kier alpha value is -3.33. The Labute approximate surface area is 213 Å². The van der Waals surface area contributed by atoms with E-state index in [1.807, 2.05) is 73.0 Å². The van der Waals surface area contributed by atoms with E-state index in [0.29, 0.717) is 6.54 Å². The lowest BCUT2D eigenvalue weighted by Gasteiger charge is -2.14. The van der Waals surface area contributed by atoms with Gasteiger partial charge in [0, 0.05) is 54.9 Å². The molecule has 35 heavy (non-hydrogen) atoms. The van der Waals surface area contributed by atoms with Crippen molar-refractivity contribution in [2.45, 2.75) is 26.8 Å². The Morgan fingerprint density at radius 2 is 1.77 bits per heavy atom. The summed E-state index contributed by atoms with van der Waals surface area (Å²) in [6, 6.07) is 9.94. The summed E-state index contributed by atoms with van der Waals surface area (Å²) in [4.78, 5) is 13.7. The van der Waals surface area contributed by atoms with Gasteiger partial charge in [0.2, 0.25) is 0 Å². The number of benzene rings is 2. The second kappa shape index (κ2) is 8.71. The van der Waals surface area contributed by atoms with E-state index in [1.54, 1.807) is 15.3 Å². The summed E-state index contributed by atoms with van der Waals surface area (Å²) in [5.41, 5.74) is 6.55. The van der Waals surface area contributed by atoms with E-state index in [1.165, 1.54) is 0 Å². The van der Waals surface area contributed by atoms with Crippen molar-refractivity contribution in [3.8, 4) is 17.2 Å². The summed E-state index contributed by atoms with van der Waals surface area (Å²) in [7, 11) is 1.91. The van der Waals surface area contributed by atoms with E-state index in [4.69, 9.17) is 16.7 Å². The molecule has 0 fully saturated rings. The van der Waals surface area contributed by atoms with Gasteiger partial charge in [0.1, 0.15) is 5.82 Å². The number of nitrogens with one attached hydrogen (secondary N) is 1. The van der Waals surface area contributed by atoms with Crippen LogP contribution >= 0.6 is 24.0 Å². The average Bonchev–Trinajstić information content (AvgIpc) is 3.51. The molecular weight excluding hydrogens is 485 g/mol. The molecule has 6 rings (SSSR count). The van der Waals surface area contributed by atoms with E-state index in [2.05, 4.69) is 10.4 Å². The van der Waals surface area contributed by atoms with Crippen LogP contribution in [-0.2, 0) is 20.0 Å². The lowest BCUT2D eigenvalue weighted by Crippen LogP contribution is -2.27. The minimum absolute atomic E-state index is 0. The summed E-state index contributed by atoms with van der Waals surface area (Å²) < 4.78 is 7.04. The van der Waals surface area contributed by atoms with Crippen molar-refractivity contribution in [3.05, 3.63) is 86.8 Å². The van der Waals surface area contributed by atoms with Gasteiger partial charge in [0.05, 0.1) is 28.8 Å². The summed E-state index contributed by atoms with van der Waals surface area (Å²) in [5.74, 6) is 0.759. The largest absolute Gasteiger partial charge is 0.338 e. The lowest BCUT2D eigenvalue weighted by atomic mass is 10.1. The maximum Gasteiger partial charge on any atom is 0.338 e. The van der Waals surface area contributed by atoms with Gasteiger partial charge in [-0.05, 0) is 55.3 Å². The number of aromatic nitrogens is 6. The fraction of sp³-hybridized carbons (Fsp3) is 0.240. The average molecular weight is 510 g/mol. The van der Waals surface area contributed by atoms with Crippen LogP contribution in [0.25, 0.3) is 28.1 Å². The first-order chi connectivity index (χ1) is 16.4. The highest BCUT2D eigenvalue weighted by molar-refractivity contribution is 6.32. The van der Waals surface area contributed by atoms with Crippen LogP contribution in [0.15, 0.2) is 53.7 Å². The predicted molar refractivity (Wildman–Crippen MR) is 140 cm³/mol. The molecular formula is C25H25Cl2N7O. The maximum atomic E-state index is 13.7. The van der Waals surface area contributed by atoms with Crippen LogP contribution in [0.3, 0.4) is 0 Å². The first-order valence-electron chi connectivity index (χ1n) is 11.2. The molecule has 8 nitrogen and oxygen atoms in total. The quantitative estimate of drug-likeness (QED) is 0.398. The zero-order valence-corrected chi connectivity index (χ0v) is 21.2. The van der Waals surface area contributed by atoms with Gasteiger partial charge in [-0.2, -0.15) is 10.2 Å². The van der Waals surface area contributed by atoms with Crippen LogP contribution in [-0.4, -0.2) is 35.2 Å². The molecule has 1 aliphatic rings. The SMILES string of the molecule is Cc1cc(-n2nc3c(c2-n2ccn(-c4ccc5c(cnn5C)c4)c2=O)CNCC3)cc(C)c1Cl.Cl. The number of fused-ring (bicyclic) bond motifs is 2. The van der Waals surface area contributed by atoms with Crippen LogP contribution in [0.1, 0.15) is 22.4 Å². The van der Waals surface area contributed by atoms with Gasteiger partial charge in [0.25, 0.3) is 0 Å². The highest BCUT2D eigenvalue weighted by atomic mass is 35.5. The van der Waals surface area contributed by atoms with Crippen LogP contribution in [0.5, 0.6) is 0 Å². The maximum absolute atomic E-state index is 13.7. The Balaban J connectivity index is 0.00000253. The minimum Gasteiger partial charge on any atom is -0.312 e. The molecule has 0 radical (unpaired) electrons. The first-order valence-corrected chi connectivity index (χ1v) is 11.6. The van der Waals surface area contributed by atoms with Crippen LogP contribution in [0.2, 0.25) is 5.02 Å². The van der Waals surface area contributed by atoms with Crippen LogP contribution < -0.4 is 11.0 Å². The van der Waals surface area contributed by atoms with Gasteiger partial charge < -0.3 is 5.32 Å². The van der Waals surface area contributed by atoms with Gasteiger partial charge in [-0.3, -0.25) is 13.8 Å². The summed E-state index contributed by atoms with van der Waals surface area (Å²) >= 11 is 6.43. The third kappa shape index (κ3) is 3.69. The Bertz CT molecular complexity index is 1620. The van der Waals surface area contributed by atoms with E-state index >= 15 is 0 Å². The molecule has 4 heterocycles. The molecule has 5 aromatic rings. The summed E-state index contributed by atoms with van der Waals surface area (Å²) in [5, 5.41) is 14.4. The molecule has 0 amide bonds. The highest BCUT2D eigenvalue weighted by Crippen LogP contribution is 2.29. The normalized spacial score (nSPS) is 13.1. The number of halogens is 2. The molecule has 0 aliphatic carbocycles. The second-order valence-corrected chi connectivity index (χ2v) is 9.19. The third-order valence-corrected chi connectivity index (χ3v) is 7.16. The van der Waals surface area contributed by atoms with Gasteiger partial charge in [-0.15, -0.1) is 12.4 Å². The van der Waals surface area contributed by atoms with Crippen molar-refractivity contribution >= 4 is 34.9 Å². The fourth-order valence-corrected chi connectivity index (χ4v) is 4.90. The van der Waals surface area contributed by atoms with Gasteiger partial charge >= 0.3 is 5.69 Å². The zero-order chi connectivity index (χ0) is 23.6. The molecule has 0 bridgehead atoms.